The highest BCUT2D eigenvalue weighted by Crippen LogP contribution is 2.28. The van der Waals surface area contributed by atoms with Crippen LogP contribution in [0.2, 0.25) is 0 Å². The van der Waals surface area contributed by atoms with E-state index >= 15 is 0 Å². The predicted octanol–water partition coefficient (Wildman–Crippen LogP) is 3.08. The second kappa shape index (κ2) is 6.94. The third-order valence-corrected chi connectivity index (χ3v) is 4.12. The third-order valence-electron chi connectivity index (χ3n) is 4.12. The summed E-state index contributed by atoms with van der Waals surface area (Å²) in [5.41, 5.74) is 1.07. The van der Waals surface area contributed by atoms with Gasteiger partial charge in [0.25, 0.3) is 0 Å². The number of aromatic nitrogens is 2. The molecule has 1 aromatic heterocycles. The molecule has 0 saturated heterocycles. The van der Waals surface area contributed by atoms with Crippen molar-refractivity contribution in [2.45, 2.75) is 46.1 Å². The van der Waals surface area contributed by atoms with Crippen LogP contribution in [0.3, 0.4) is 0 Å². The summed E-state index contributed by atoms with van der Waals surface area (Å²) >= 11 is 0. The molecule has 19 heavy (non-hydrogen) atoms. The predicted molar refractivity (Wildman–Crippen MR) is 78.5 cm³/mol. The van der Waals surface area contributed by atoms with Gasteiger partial charge in [-0.1, -0.05) is 19.8 Å². The number of aryl methyl sites for hydroxylation is 1. The van der Waals surface area contributed by atoms with E-state index in [-0.39, 0.29) is 0 Å². The van der Waals surface area contributed by atoms with Crippen LogP contribution in [-0.4, -0.2) is 29.8 Å². The molecule has 0 atom stereocenters. The number of anilines is 1. The second-order valence-electron chi connectivity index (χ2n) is 5.90. The maximum Gasteiger partial charge on any atom is 0.203 e. The van der Waals surface area contributed by atoms with E-state index in [1.54, 1.807) is 7.11 Å². The molecule has 4 heteroatoms. The van der Waals surface area contributed by atoms with Gasteiger partial charge in [0.05, 0.1) is 12.3 Å². The average Bonchev–Trinajstić information content (AvgIpc) is 2.76. The van der Waals surface area contributed by atoms with Crippen molar-refractivity contribution in [1.29, 1.82) is 0 Å². The first kappa shape index (κ1) is 14.4. The van der Waals surface area contributed by atoms with Gasteiger partial charge in [-0.2, -0.15) is 0 Å². The molecule has 1 heterocycles. The fourth-order valence-corrected chi connectivity index (χ4v) is 2.82. The lowest BCUT2D eigenvalue weighted by Gasteiger charge is -2.26. The summed E-state index contributed by atoms with van der Waals surface area (Å²) < 4.78 is 7.30. The van der Waals surface area contributed by atoms with Crippen LogP contribution in [0.5, 0.6) is 0 Å². The van der Waals surface area contributed by atoms with Crippen LogP contribution in [0.4, 0.5) is 5.95 Å². The quantitative estimate of drug-likeness (QED) is 0.859. The maximum atomic E-state index is 5.14. The van der Waals surface area contributed by atoms with Crippen molar-refractivity contribution in [2.75, 3.05) is 25.6 Å². The summed E-state index contributed by atoms with van der Waals surface area (Å²) in [4.78, 5) is 4.56. The van der Waals surface area contributed by atoms with Gasteiger partial charge < -0.3 is 14.6 Å². The van der Waals surface area contributed by atoms with E-state index in [9.17, 15) is 0 Å². The lowest BCUT2D eigenvalue weighted by atomic mass is 9.83. The molecule has 1 aromatic rings. The largest absolute Gasteiger partial charge is 0.383 e. The Morgan fingerprint density at radius 1 is 1.37 bits per heavy atom. The minimum Gasteiger partial charge on any atom is -0.383 e. The molecular weight excluding hydrogens is 238 g/mol. The lowest BCUT2D eigenvalue weighted by molar-refractivity contribution is 0.187. The first-order chi connectivity index (χ1) is 9.19. The monoisotopic (exact) mass is 265 g/mol. The van der Waals surface area contributed by atoms with Gasteiger partial charge in [-0.05, 0) is 31.6 Å². The van der Waals surface area contributed by atoms with E-state index in [0.29, 0.717) is 0 Å². The van der Waals surface area contributed by atoms with Gasteiger partial charge in [-0.25, -0.2) is 4.98 Å². The molecule has 1 fully saturated rings. The van der Waals surface area contributed by atoms with Gasteiger partial charge in [0.1, 0.15) is 0 Å². The molecule has 0 unspecified atom stereocenters. The molecule has 2 rings (SSSR count). The Labute approximate surface area is 116 Å². The van der Waals surface area contributed by atoms with Gasteiger partial charge in [0, 0.05) is 26.4 Å². The average molecular weight is 265 g/mol. The summed E-state index contributed by atoms with van der Waals surface area (Å²) in [7, 11) is 1.74. The summed E-state index contributed by atoms with van der Waals surface area (Å²) in [6, 6.07) is 0. The maximum absolute atomic E-state index is 5.14. The van der Waals surface area contributed by atoms with E-state index < -0.39 is 0 Å². The fourth-order valence-electron chi connectivity index (χ4n) is 2.82. The standard InChI is InChI=1S/C15H27N3O/c1-12-4-6-14(7-5-12)10-16-15-17-13(2)11-18(15)8-9-19-3/h11-12,14H,4-10H2,1-3H3,(H,16,17). The van der Waals surface area contributed by atoms with E-state index in [2.05, 4.69) is 28.0 Å². The molecule has 4 nitrogen and oxygen atoms in total. The molecule has 1 N–H and O–H groups in total. The summed E-state index contributed by atoms with van der Waals surface area (Å²) in [5, 5.41) is 3.52. The van der Waals surface area contributed by atoms with Crippen molar-refractivity contribution < 1.29 is 4.74 Å². The number of nitrogens with one attached hydrogen (secondary N) is 1. The molecular formula is C15H27N3O. The number of imidazole rings is 1. The van der Waals surface area contributed by atoms with Crippen molar-refractivity contribution in [2.24, 2.45) is 11.8 Å². The van der Waals surface area contributed by atoms with E-state index in [0.717, 1.165) is 43.2 Å². The van der Waals surface area contributed by atoms with Crippen molar-refractivity contribution >= 4 is 5.95 Å². The van der Waals surface area contributed by atoms with Crippen LogP contribution < -0.4 is 5.32 Å². The van der Waals surface area contributed by atoms with Crippen molar-refractivity contribution in [3.63, 3.8) is 0 Å². The molecule has 0 aromatic carbocycles. The highest BCUT2D eigenvalue weighted by Gasteiger charge is 2.18. The first-order valence-electron chi connectivity index (χ1n) is 7.45. The Morgan fingerprint density at radius 3 is 2.79 bits per heavy atom. The first-order valence-corrected chi connectivity index (χ1v) is 7.45. The van der Waals surface area contributed by atoms with Crippen LogP contribution in [0, 0.1) is 18.8 Å². The van der Waals surface area contributed by atoms with Crippen LogP contribution in [0.1, 0.15) is 38.3 Å². The zero-order valence-corrected chi connectivity index (χ0v) is 12.5. The summed E-state index contributed by atoms with van der Waals surface area (Å²) in [5.74, 6) is 2.72. The van der Waals surface area contributed by atoms with Crippen molar-refractivity contribution in [3.05, 3.63) is 11.9 Å². The molecule has 108 valence electrons. The smallest absolute Gasteiger partial charge is 0.203 e. The normalized spacial score (nSPS) is 23.5. The fraction of sp³-hybridized carbons (Fsp3) is 0.800. The number of hydrogen-bond donors (Lipinski definition) is 1. The summed E-state index contributed by atoms with van der Waals surface area (Å²) in [6.45, 7) is 7.05. The van der Waals surface area contributed by atoms with Crippen molar-refractivity contribution in [3.8, 4) is 0 Å². The minimum absolute atomic E-state index is 0.728. The zero-order valence-electron chi connectivity index (χ0n) is 12.5. The molecule has 1 aliphatic carbocycles. The Hall–Kier alpha value is -1.03. The number of rotatable bonds is 6. The lowest BCUT2D eigenvalue weighted by Crippen LogP contribution is -2.21. The Balaban J connectivity index is 1.84. The Kier molecular flexibility index (Phi) is 5.25. The van der Waals surface area contributed by atoms with Crippen molar-refractivity contribution in [1.82, 2.24) is 9.55 Å². The molecule has 0 radical (unpaired) electrons. The third kappa shape index (κ3) is 4.23. The molecule has 0 amide bonds. The van der Waals surface area contributed by atoms with Gasteiger partial charge in [0.15, 0.2) is 0 Å². The van der Waals surface area contributed by atoms with E-state index in [1.807, 2.05) is 6.92 Å². The van der Waals surface area contributed by atoms with Crippen LogP contribution >= 0.6 is 0 Å². The number of hydrogen-bond acceptors (Lipinski definition) is 3. The molecule has 0 spiro atoms. The topological polar surface area (TPSA) is 39.1 Å². The number of nitrogens with zero attached hydrogens (tertiary/aromatic N) is 2. The van der Waals surface area contributed by atoms with Crippen LogP contribution in [-0.2, 0) is 11.3 Å². The molecule has 1 saturated carbocycles. The number of methoxy groups -OCH3 is 1. The van der Waals surface area contributed by atoms with Gasteiger partial charge in [0.2, 0.25) is 5.95 Å². The second-order valence-corrected chi connectivity index (χ2v) is 5.90. The number of ether oxygens (including phenoxy) is 1. The molecule has 0 bridgehead atoms. The highest BCUT2D eigenvalue weighted by molar-refractivity contribution is 5.28. The molecule has 0 aliphatic heterocycles. The van der Waals surface area contributed by atoms with Gasteiger partial charge in [-0.3, -0.25) is 0 Å². The summed E-state index contributed by atoms with van der Waals surface area (Å²) in [6.07, 6.45) is 7.55. The minimum atomic E-state index is 0.728. The van der Waals surface area contributed by atoms with Crippen LogP contribution in [0.15, 0.2) is 6.20 Å². The molecule has 1 aliphatic rings. The zero-order chi connectivity index (χ0) is 13.7. The van der Waals surface area contributed by atoms with E-state index in [1.165, 1.54) is 25.7 Å². The van der Waals surface area contributed by atoms with E-state index in [4.69, 9.17) is 4.74 Å². The Morgan fingerprint density at radius 2 is 2.11 bits per heavy atom. The SMILES string of the molecule is COCCn1cc(C)nc1NCC1CCC(C)CC1. The van der Waals surface area contributed by atoms with Gasteiger partial charge >= 0.3 is 0 Å². The van der Waals surface area contributed by atoms with Gasteiger partial charge in [-0.15, -0.1) is 0 Å². The highest BCUT2D eigenvalue weighted by atomic mass is 16.5. The van der Waals surface area contributed by atoms with Crippen LogP contribution in [0.25, 0.3) is 0 Å². The Bertz CT molecular complexity index is 381.